The van der Waals surface area contributed by atoms with Crippen LogP contribution in [0.4, 0.5) is 5.69 Å². The van der Waals surface area contributed by atoms with Gasteiger partial charge in [-0.25, -0.2) is 0 Å². The van der Waals surface area contributed by atoms with E-state index in [0.717, 1.165) is 29.0 Å². The van der Waals surface area contributed by atoms with Gasteiger partial charge in [-0.2, -0.15) is 0 Å². The van der Waals surface area contributed by atoms with Crippen molar-refractivity contribution in [2.75, 3.05) is 0 Å². The van der Waals surface area contributed by atoms with Crippen LogP contribution in [0.15, 0.2) is 41.4 Å². The molecular weight excluding hydrogens is 200 g/mol. The van der Waals surface area contributed by atoms with E-state index in [1.54, 1.807) is 6.07 Å². The highest BCUT2D eigenvalue weighted by Gasteiger charge is 2.24. The maximum atomic E-state index is 11.3. The monoisotopic (exact) mass is 210 g/mol. The number of allylic oxidation sites excluding steroid dienone is 4. The molecule has 0 radical (unpaired) electrons. The second kappa shape index (κ2) is 3.17. The number of primary amides is 1. The largest absolute Gasteiger partial charge is 0.366 e. The fourth-order valence-corrected chi connectivity index (χ4v) is 2.12. The van der Waals surface area contributed by atoms with Crippen molar-refractivity contribution in [2.45, 2.75) is 6.42 Å². The number of fused-ring (bicyclic) bond motifs is 3. The zero-order chi connectivity index (χ0) is 11.1. The summed E-state index contributed by atoms with van der Waals surface area (Å²) in [6, 6.07) is 5.54. The van der Waals surface area contributed by atoms with Crippen LogP contribution in [-0.2, 0) is 0 Å². The van der Waals surface area contributed by atoms with Crippen molar-refractivity contribution < 1.29 is 4.79 Å². The Morgan fingerprint density at radius 1 is 1.38 bits per heavy atom. The molecule has 1 aromatic carbocycles. The van der Waals surface area contributed by atoms with Crippen molar-refractivity contribution in [1.29, 1.82) is 0 Å². The van der Waals surface area contributed by atoms with E-state index in [2.05, 4.69) is 11.1 Å². The molecule has 1 aromatic rings. The number of hydrogen-bond acceptors (Lipinski definition) is 2. The zero-order valence-electron chi connectivity index (χ0n) is 8.60. The smallest absolute Gasteiger partial charge is 0.250 e. The number of hydrogen-bond donors (Lipinski definition) is 1. The summed E-state index contributed by atoms with van der Waals surface area (Å²) in [5, 5.41) is 0. The molecule has 0 unspecified atom stereocenters. The number of nitrogens with two attached hydrogens (primary N) is 1. The molecule has 0 saturated carbocycles. The number of carbonyl (C=O) groups is 1. The summed E-state index contributed by atoms with van der Waals surface area (Å²) in [4.78, 5) is 15.8. The van der Waals surface area contributed by atoms with E-state index >= 15 is 0 Å². The third-order valence-corrected chi connectivity index (χ3v) is 2.86. The molecule has 78 valence electrons. The molecule has 0 bridgehead atoms. The lowest BCUT2D eigenvalue weighted by atomic mass is 9.96. The van der Waals surface area contributed by atoms with Crippen LogP contribution in [0.25, 0.3) is 5.57 Å². The maximum absolute atomic E-state index is 11.3. The lowest BCUT2D eigenvalue weighted by Gasteiger charge is -2.05. The Balaban J connectivity index is 2.26. The highest BCUT2D eigenvalue weighted by molar-refractivity contribution is 6.31. The number of aliphatic imine (C=N–C) groups is 1. The van der Waals surface area contributed by atoms with Gasteiger partial charge in [0.2, 0.25) is 0 Å². The summed E-state index contributed by atoms with van der Waals surface area (Å²) in [5.41, 5.74) is 9.70. The molecule has 1 amide bonds. The predicted molar refractivity (Wildman–Crippen MR) is 63.8 cm³/mol. The molecule has 2 N–H and O–H groups in total. The van der Waals surface area contributed by atoms with Crippen molar-refractivity contribution in [3.05, 3.63) is 47.6 Å². The number of benzene rings is 1. The fourth-order valence-electron chi connectivity index (χ4n) is 2.12. The van der Waals surface area contributed by atoms with Crippen molar-refractivity contribution in [2.24, 2.45) is 10.7 Å². The molecule has 16 heavy (non-hydrogen) atoms. The standard InChI is InChI=1S/C13H10N2O/c14-13(16)10-6-3-5-9-8-4-1-2-7-11(8)15-12(9)10/h1-6H,7H2,(H2,14,16). The Morgan fingerprint density at radius 3 is 3.06 bits per heavy atom. The molecule has 0 atom stereocenters. The summed E-state index contributed by atoms with van der Waals surface area (Å²) in [5.74, 6) is -0.423. The zero-order valence-corrected chi connectivity index (χ0v) is 8.60. The van der Waals surface area contributed by atoms with E-state index in [-0.39, 0.29) is 0 Å². The third-order valence-electron chi connectivity index (χ3n) is 2.86. The van der Waals surface area contributed by atoms with E-state index in [0.29, 0.717) is 5.56 Å². The van der Waals surface area contributed by atoms with Crippen LogP contribution in [0.1, 0.15) is 22.3 Å². The van der Waals surface area contributed by atoms with Gasteiger partial charge >= 0.3 is 0 Å². The molecule has 3 heteroatoms. The Kier molecular flexibility index (Phi) is 1.80. The topological polar surface area (TPSA) is 55.5 Å². The van der Waals surface area contributed by atoms with E-state index in [4.69, 9.17) is 5.73 Å². The lowest BCUT2D eigenvalue weighted by molar-refractivity contribution is 0.100. The van der Waals surface area contributed by atoms with Gasteiger partial charge in [0, 0.05) is 17.6 Å². The predicted octanol–water partition coefficient (Wildman–Crippen LogP) is 2.21. The third kappa shape index (κ3) is 1.15. The second-order valence-electron chi connectivity index (χ2n) is 3.84. The van der Waals surface area contributed by atoms with Gasteiger partial charge in [-0.3, -0.25) is 9.79 Å². The Hall–Kier alpha value is -2.16. The average Bonchev–Trinajstić information content (AvgIpc) is 2.67. The first kappa shape index (κ1) is 9.09. The highest BCUT2D eigenvalue weighted by Crippen LogP contribution is 2.39. The lowest BCUT2D eigenvalue weighted by Crippen LogP contribution is -2.11. The van der Waals surface area contributed by atoms with E-state index in [1.165, 1.54) is 0 Å². The van der Waals surface area contributed by atoms with Crippen LogP contribution >= 0.6 is 0 Å². The molecular formula is C13H10N2O. The molecule has 1 aliphatic heterocycles. The van der Waals surface area contributed by atoms with E-state index < -0.39 is 5.91 Å². The van der Waals surface area contributed by atoms with Crippen molar-refractivity contribution in [1.82, 2.24) is 0 Å². The molecule has 0 fully saturated rings. The van der Waals surface area contributed by atoms with Crippen molar-refractivity contribution in [3.8, 4) is 0 Å². The van der Waals surface area contributed by atoms with Crippen LogP contribution in [0.5, 0.6) is 0 Å². The number of para-hydroxylation sites is 1. The minimum Gasteiger partial charge on any atom is -0.366 e. The van der Waals surface area contributed by atoms with Crippen LogP contribution in [0.2, 0.25) is 0 Å². The first-order chi connectivity index (χ1) is 7.77. The Bertz CT molecular complexity index is 580. The van der Waals surface area contributed by atoms with Crippen LogP contribution in [0.3, 0.4) is 0 Å². The molecule has 1 aliphatic carbocycles. The van der Waals surface area contributed by atoms with Gasteiger partial charge in [0.25, 0.3) is 5.91 Å². The van der Waals surface area contributed by atoms with Gasteiger partial charge in [0.05, 0.1) is 17.0 Å². The second-order valence-corrected chi connectivity index (χ2v) is 3.84. The first-order valence-electron chi connectivity index (χ1n) is 5.15. The first-order valence-corrected chi connectivity index (χ1v) is 5.15. The van der Waals surface area contributed by atoms with Gasteiger partial charge in [-0.1, -0.05) is 30.4 Å². The normalized spacial score (nSPS) is 16.2. The van der Waals surface area contributed by atoms with Gasteiger partial charge in [-0.05, 0) is 6.07 Å². The van der Waals surface area contributed by atoms with E-state index in [1.807, 2.05) is 24.3 Å². The van der Waals surface area contributed by atoms with Crippen molar-refractivity contribution in [3.63, 3.8) is 0 Å². The molecule has 1 heterocycles. The number of amides is 1. The summed E-state index contributed by atoms with van der Waals surface area (Å²) in [6.45, 7) is 0. The van der Waals surface area contributed by atoms with Gasteiger partial charge in [0.15, 0.2) is 0 Å². The number of carbonyl (C=O) groups excluding carboxylic acids is 1. The summed E-state index contributed by atoms with van der Waals surface area (Å²) >= 11 is 0. The van der Waals surface area contributed by atoms with Gasteiger partial charge in [-0.15, -0.1) is 0 Å². The molecule has 3 rings (SSSR count). The maximum Gasteiger partial charge on any atom is 0.250 e. The van der Waals surface area contributed by atoms with Gasteiger partial charge in [0.1, 0.15) is 0 Å². The molecule has 2 aliphatic rings. The molecule has 0 aromatic heterocycles. The van der Waals surface area contributed by atoms with Crippen LogP contribution in [0, 0.1) is 0 Å². The van der Waals surface area contributed by atoms with Crippen LogP contribution in [-0.4, -0.2) is 11.6 Å². The molecule has 0 saturated heterocycles. The number of rotatable bonds is 1. The van der Waals surface area contributed by atoms with Gasteiger partial charge < -0.3 is 5.73 Å². The Morgan fingerprint density at radius 2 is 2.25 bits per heavy atom. The minimum atomic E-state index is -0.423. The Labute approximate surface area is 93.0 Å². The quantitative estimate of drug-likeness (QED) is 0.759. The highest BCUT2D eigenvalue weighted by atomic mass is 16.1. The van der Waals surface area contributed by atoms with Crippen molar-refractivity contribution >= 4 is 22.9 Å². The summed E-state index contributed by atoms with van der Waals surface area (Å²) in [7, 11) is 0. The average molecular weight is 210 g/mol. The minimum absolute atomic E-state index is 0.423. The molecule has 3 nitrogen and oxygen atoms in total. The summed E-state index contributed by atoms with van der Waals surface area (Å²) in [6.07, 6.45) is 6.91. The van der Waals surface area contributed by atoms with E-state index in [9.17, 15) is 4.79 Å². The number of nitrogens with zero attached hydrogens (tertiary/aromatic N) is 1. The SMILES string of the molecule is NC(=O)c1cccc2c1N=C1CC=CC=C12. The summed E-state index contributed by atoms with van der Waals surface area (Å²) < 4.78 is 0. The fraction of sp³-hybridized carbons (Fsp3) is 0.0769. The van der Waals surface area contributed by atoms with Crippen LogP contribution < -0.4 is 5.73 Å². The molecule has 0 spiro atoms.